The first-order valence-electron chi connectivity index (χ1n) is 6.35. The van der Waals surface area contributed by atoms with Crippen molar-refractivity contribution in [2.45, 2.75) is 30.7 Å². The lowest BCUT2D eigenvalue weighted by atomic mass is 10.2. The average Bonchev–Trinajstić information content (AvgIpc) is 3.06. The summed E-state index contributed by atoms with van der Waals surface area (Å²) in [6, 6.07) is 3.59. The Bertz CT molecular complexity index is 661. The third kappa shape index (κ3) is 3.57. The van der Waals surface area contributed by atoms with Crippen LogP contribution >= 0.6 is 0 Å². The van der Waals surface area contributed by atoms with Gasteiger partial charge in [-0.1, -0.05) is 18.8 Å². The minimum absolute atomic E-state index is 0.0490. The second-order valence-corrected chi connectivity index (χ2v) is 6.57. The molecule has 108 valence electrons. The fraction of sp³-hybridized carbons (Fsp3) is 0.429. The molecular weight excluding hydrogens is 281 g/mol. The summed E-state index contributed by atoms with van der Waals surface area (Å²) in [6.07, 6.45) is 1.06. The molecule has 0 aliphatic heterocycles. The van der Waals surface area contributed by atoms with Gasteiger partial charge >= 0.3 is 0 Å². The maximum atomic E-state index is 13.8. The van der Waals surface area contributed by atoms with Crippen molar-refractivity contribution in [3.63, 3.8) is 0 Å². The summed E-state index contributed by atoms with van der Waals surface area (Å²) >= 11 is 0. The molecule has 2 N–H and O–H groups in total. The zero-order chi connectivity index (χ0) is 14.8. The maximum Gasteiger partial charge on any atom is 0.240 e. The molecule has 1 aromatic carbocycles. The van der Waals surface area contributed by atoms with E-state index in [1.807, 2.05) is 6.92 Å². The minimum Gasteiger partial charge on any atom is -0.395 e. The lowest BCUT2D eigenvalue weighted by Gasteiger charge is -2.06. The number of hydrogen-bond acceptors (Lipinski definition) is 3. The Balaban J connectivity index is 2.18. The van der Waals surface area contributed by atoms with Crippen LogP contribution in [0.3, 0.4) is 0 Å². The van der Waals surface area contributed by atoms with Crippen LogP contribution in [0.1, 0.15) is 25.3 Å². The van der Waals surface area contributed by atoms with Crippen molar-refractivity contribution < 1.29 is 17.9 Å². The number of aliphatic hydroxyl groups is 1. The number of rotatable bonds is 4. The molecule has 0 amide bonds. The van der Waals surface area contributed by atoms with E-state index in [2.05, 4.69) is 16.6 Å². The zero-order valence-corrected chi connectivity index (χ0v) is 11.9. The number of benzene rings is 1. The van der Waals surface area contributed by atoms with Crippen LogP contribution in [0.25, 0.3) is 0 Å². The van der Waals surface area contributed by atoms with Gasteiger partial charge in [0.25, 0.3) is 0 Å². The van der Waals surface area contributed by atoms with E-state index >= 15 is 0 Å². The quantitative estimate of drug-likeness (QED) is 0.822. The molecule has 1 fully saturated rings. The predicted molar refractivity (Wildman–Crippen MR) is 72.9 cm³/mol. The third-order valence-corrected chi connectivity index (χ3v) is 4.61. The van der Waals surface area contributed by atoms with Gasteiger partial charge in [-0.25, -0.2) is 17.5 Å². The first kappa shape index (κ1) is 15.0. The van der Waals surface area contributed by atoms with Gasteiger partial charge in [0.1, 0.15) is 5.82 Å². The highest BCUT2D eigenvalue weighted by atomic mass is 32.2. The summed E-state index contributed by atoms with van der Waals surface area (Å²) in [4.78, 5) is -0.0955. The number of nitrogens with one attached hydrogen (secondary N) is 1. The molecule has 0 bridgehead atoms. The highest BCUT2D eigenvalue weighted by Gasteiger charge is 2.36. The van der Waals surface area contributed by atoms with E-state index in [0.29, 0.717) is 5.92 Å². The molecule has 0 aromatic heterocycles. The normalized spacial score (nSPS) is 21.1. The van der Waals surface area contributed by atoms with Crippen molar-refractivity contribution in [2.24, 2.45) is 5.92 Å². The zero-order valence-electron chi connectivity index (χ0n) is 11.1. The van der Waals surface area contributed by atoms with E-state index in [-0.39, 0.29) is 29.5 Å². The second kappa shape index (κ2) is 5.92. The molecule has 2 rings (SSSR count). The second-order valence-electron chi connectivity index (χ2n) is 4.86. The van der Waals surface area contributed by atoms with Crippen molar-refractivity contribution in [3.05, 3.63) is 29.6 Å². The van der Waals surface area contributed by atoms with Crippen LogP contribution in [0.5, 0.6) is 0 Å². The Morgan fingerprint density at radius 1 is 1.50 bits per heavy atom. The molecule has 1 aromatic rings. The molecule has 4 nitrogen and oxygen atoms in total. The molecule has 1 saturated carbocycles. The lowest BCUT2D eigenvalue weighted by Crippen LogP contribution is -2.26. The molecule has 0 radical (unpaired) electrons. The van der Waals surface area contributed by atoms with Gasteiger partial charge < -0.3 is 5.11 Å². The molecule has 2 atom stereocenters. The molecule has 0 spiro atoms. The summed E-state index contributed by atoms with van der Waals surface area (Å²) in [7, 11) is -3.67. The standard InChI is InChI=1S/C14H16FNO3S/c1-10-8-14(10)16-20(18,19)12-6-5-11(13(15)9-12)4-2-3-7-17/h5-6,9-10,14,16-17H,3,7-8H2,1H3. The molecule has 0 heterocycles. The van der Waals surface area contributed by atoms with E-state index in [1.54, 1.807) is 0 Å². The summed E-state index contributed by atoms with van der Waals surface area (Å²) < 4.78 is 40.3. The van der Waals surface area contributed by atoms with Crippen LogP contribution in [0.2, 0.25) is 0 Å². The van der Waals surface area contributed by atoms with Gasteiger partial charge in [0.05, 0.1) is 17.1 Å². The van der Waals surface area contributed by atoms with Crippen LogP contribution in [0, 0.1) is 23.6 Å². The summed E-state index contributed by atoms with van der Waals surface area (Å²) in [5, 5.41) is 8.59. The fourth-order valence-corrected chi connectivity index (χ4v) is 3.10. The van der Waals surface area contributed by atoms with Gasteiger partial charge in [-0.15, -0.1) is 0 Å². The number of halogens is 1. The van der Waals surface area contributed by atoms with Crippen LogP contribution in [-0.2, 0) is 10.0 Å². The van der Waals surface area contributed by atoms with Crippen LogP contribution in [0.15, 0.2) is 23.1 Å². The van der Waals surface area contributed by atoms with Gasteiger partial charge in [0, 0.05) is 12.5 Å². The van der Waals surface area contributed by atoms with Crippen molar-refractivity contribution in [1.29, 1.82) is 0 Å². The highest BCUT2D eigenvalue weighted by molar-refractivity contribution is 7.89. The predicted octanol–water partition coefficient (Wildman–Crippen LogP) is 1.25. The first-order chi connectivity index (χ1) is 9.44. The molecule has 1 aliphatic carbocycles. The Kier molecular flexibility index (Phi) is 4.43. The lowest BCUT2D eigenvalue weighted by molar-refractivity contribution is 0.305. The summed E-state index contributed by atoms with van der Waals surface area (Å²) in [5.74, 6) is 4.80. The molecule has 6 heteroatoms. The molecule has 1 aliphatic rings. The molecule has 2 unspecified atom stereocenters. The smallest absolute Gasteiger partial charge is 0.240 e. The Labute approximate surface area is 118 Å². The van der Waals surface area contributed by atoms with Crippen molar-refractivity contribution >= 4 is 10.0 Å². The van der Waals surface area contributed by atoms with Gasteiger partial charge in [0.2, 0.25) is 10.0 Å². The fourth-order valence-electron chi connectivity index (χ4n) is 1.73. The van der Waals surface area contributed by atoms with Crippen LogP contribution < -0.4 is 4.72 Å². The van der Waals surface area contributed by atoms with Gasteiger partial charge in [-0.3, -0.25) is 0 Å². The van der Waals surface area contributed by atoms with Crippen LogP contribution in [0.4, 0.5) is 4.39 Å². The first-order valence-corrected chi connectivity index (χ1v) is 7.84. The minimum atomic E-state index is -3.67. The largest absolute Gasteiger partial charge is 0.395 e. The maximum absolute atomic E-state index is 13.8. The topological polar surface area (TPSA) is 66.4 Å². The molecule has 0 saturated heterocycles. The Morgan fingerprint density at radius 3 is 2.75 bits per heavy atom. The van der Waals surface area contributed by atoms with Gasteiger partial charge in [-0.05, 0) is 30.5 Å². The molecule has 20 heavy (non-hydrogen) atoms. The van der Waals surface area contributed by atoms with Crippen molar-refractivity contribution in [1.82, 2.24) is 4.72 Å². The SMILES string of the molecule is CC1CC1NS(=O)(=O)c1ccc(C#CCCO)c(F)c1. The monoisotopic (exact) mass is 297 g/mol. The summed E-state index contributed by atoms with van der Waals surface area (Å²) in [5.41, 5.74) is 0.122. The van der Waals surface area contributed by atoms with E-state index < -0.39 is 15.8 Å². The van der Waals surface area contributed by atoms with E-state index in [1.165, 1.54) is 12.1 Å². The van der Waals surface area contributed by atoms with E-state index in [4.69, 9.17) is 5.11 Å². The van der Waals surface area contributed by atoms with E-state index in [0.717, 1.165) is 12.5 Å². The molecular formula is C14H16FNO3S. The van der Waals surface area contributed by atoms with Crippen LogP contribution in [-0.4, -0.2) is 26.2 Å². The Hall–Kier alpha value is -1.42. The van der Waals surface area contributed by atoms with Gasteiger partial charge in [-0.2, -0.15) is 0 Å². The van der Waals surface area contributed by atoms with E-state index in [9.17, 15) is 12.8 Å². The average molecular weight is 297 g/mol. The highest BCUT2D eigenvalue weighted by Crippen LogP contribution is 2.30. The number of aliphatic hydroxyl groups excluding tert-OH is 1. The number of hydrogen-bond donors (Lipinski definition) is 2. The third-order valence-electron chi connectivity index (χ3n) is 3.13. The Morgan fingerprint density at radius 2 is 2.20 bits per heavy atom. The summed E-state index contributed by atoms with van der Waals surface area (Å²) in [6.45, 7) is 1.86. The van der Waals surface area contributed by atoms with Crippen molar-refractivity contribution in [2.75, 3.05) is 6.61 Å². The van der Waals surface area contributed by atoms with Gasteiger partial charge in [0.15, 0.2) is 0 Å². The van der Waals surface area contributed by atoms with Crippen molar-refractivity contribution in [3.8, 4) is 11.8 Å². The number of sulfonamides is 1.